The van der Waals surface area contributed by atoms with Gasteiger partial charge in [0, 0.05) is 23.5 Å². The Morgan fingerprint density at radius 1 is 1.40 bits per heavy atom. The second kappa shape index (κ2) is 5.86. The van der Waals surface area contributed by atoms with E-state index in [0.717, 1.165) is 36.9 Å². The fourth-order valence-electron chi connectivity index (χ4n) is 3.27. The molecule has 1 saturated heterocycles. The number of carbonyl (C=O) groups is 1. The van der Waals surface area contributed by atoms with Crippen molar-refractivity contribution >= 4 is 21.8 Å². The highest BCUT2D eigenvalue weighted by atomic mass is 79.9. The first kappa shape index (κ1) is 14.1. The summed E-state index contributed by atoms with van der Waals surface area (Å²) < 4.78 is 1.10. The second-order valence-corrected chi connectivity index (χ2v) is 6.91. The van der Waals surface area contributed by atoms with Crippen molar-refractivity contribution in [3.05, 3.63) is 34.3 Å². The minimum absolute atomic E-state index is 0.226. The van der Waals surface area contributed by atoms with E-state index in [1.54, 1.807) is 0 Å². The summed E-state index contributed by atoms with van der Waals surface area (Å²) in [5, 5.41) is 3.21. The molecule has 1 N–H and O–H groups in total. The number of hydrogen-bond donors (Lipinski definition) is 1. The predicted molar refractivity (Wildman–Crippen MR) is 83.6 cm³/mol. The fraction of sp³-hybridized carbons (Fsp3) is 0.562. The number of nitrogens with zero attached hydrogens (tertiary/aromatic N) is 1. The molecule has 20 heavy (non-hydrogen) atoms. The smallest absolute Gasteiger partial charge is 0.226 e. The van der Waals surface area contributed by atoms with Gasteiger partial charge in [0.2, 0.25) is 5.91 Å². The Morgan fingerprint density at radius 2 is 2.15 bits per heavy atom. The summed E-state index contributed by atoms with van der Waals surface area (Å²) in [7, 11) is 1.98. The Bertz CT molecular complexity index is 488. The zero-order chi connectivity index (χ0) is 14.1. The van der Waals surface area contributed by atoms with Gasteiger partial charge >= 0.3 is 0 Å². The van der Waals surface area contributed by atoms with E-state index in [1.165, 1.54) is 5.56 Å². The molecule has 0 spiro atoms. The van der Waals surface area contributed by atoms with Crippen LogP contribution in [0.5, 0.6) is 0 Å². The van der Waals surface area contributed by atoms with Gasteiger partial charge in [0.25, 0.3) is 0 Å². The number of hydrogen-bond acceptors (Lipinski definition) is 2. The second-order valence-electron chi connectivity index (χ2n) is 6.00. The summed E-state index contributed by atoms with van der Waals surface area (Å²) >= 11 is 3.45. The van der Waals surface area contributed by atoms with Gasteiger partial charge in [-0.05, 0) is 56.0 Å². The molecule has 0 unspecified atom stereocenters. The molecule has 3 atom stereocenters. The summed E-state index contributed by atoms with van der Waals surface area (Å²) in [6.07, 6.45) is 2.16. The molecule has 1 aromatic carbocycles. The maximum atomic E-state index is 12.5. The van der Waals surface area contributed by atoms with Crippen LogP contribution in [-0.4, -0.2) is 37.5 Å². The van der Waals surface area contributed by atoms with Crippen molar-refractivity contribution in [1.82, 2.24) is 10.2 Å². The lowest BCUT2D eigenvalue weighted by Crippen LogP contribution is -2.31. The van der Waals surface area contributed by atoms with Gasteiger partial charge in [0.05, 0.1) is 0 Å². The normalized spacial score (nSPS) is 28.7. The summed E-state index contributed by atoms with van der Waals surface area (Å²) in [5.41, 5.74) is 1.30. The molecule has 4 heteroatoms. The molecule has 0 radical (unpaired) electrons. The van der Waals surface area contributed by atoms with Crippen LogP contribution < -0.4 is 5.32 Å². The highest BCUT2D eigenvalue weighted by Crippen LogP contribution is 2.49. The standard InChI is InChI=1S/C16H21BrN2O/c1-18-9-11-6-7-19(10-11)16(20)15-8-14(15)12-2-4-13(17)5-3-12/h2-5,11,14-15,18H,6-10H2,1H3/t11-,14+,15+/m0/s1. The van der Waals surface area contributed by atoms with Crippen LogP contribution in [0.1, 0.15) is 24.3 Å². The van der Waals surface area contributed by atoms with Crippen LogP contribution in [-0.2, 0) is 4.79 Å². The highest BCUT2D eigenvalue weighted by molar-refractivity contribution is 9.10. The number of halogens is 1. The van der Waals surface area contributed by atoms with Crippen molar-refractivity contribution in [2.45, 2.75) is 18.8 Å². The van der Waals surface area contributed by atoms with E-state index in [0.29, 0.717) is 17.7 Å². The first-order chi connectivity index (χ1) is 9.69. The van der Waals surface area contributed by atoms with Crippen molar-refractivity contribution in [1.29, 1.82) is 0 Å². The SMILES string of the molecule is CNC[C@@H]1CCN(C(=O)[C@@H]2C[C@@H]2c2ccc(Br)cc2)C1. The summed E-state index contributed by atoms with van der Waals surface area (Å²) in [4.78, 5) is 14.6. The molecule has 3 nitrogen and oxygen atoms in total. The molecule has 1 heterocycles. The molecule has 2 fully saturated rings. The number of carbonyl (C=O) groups excluding carboxylic acids is 1. The van der Waals surface area contributed by atoms with E-state index in [-0.39, 0.29) is 5.92 Å². The Balaban J connectivity index is 1.56. The molecule has 1 amide bonds. The largest absolute Gasteiger partial charge is 0.342 e. The van der Waals surface area contributed by atoms with Gasteiger partial charge in [-0.1, -0.05) is 28.1 Å². The average Bonchev–Trinajstić information content (AvgIpc) is 3.11. The molecule has 1 saturated carbocycles. The molecular formula is C16H21BrN2O. The van der Waals surface area contributed by atoms with Crippen LogP contribution in [0.2, 0.25) is 0 Å². The van der Waals surface area contributed by atoms with Gasteiger partial charge in [0.15, 0.2) is 0 Å². The minimum Gasteiger partial charge on any atom is -0.342 e. The average molecular weight is 337 g/mol. The lowest BCUT2D eigenvalue weighted by molar-refractivity contribution is -0.131. The summed E-state index contributed by atoms with van der Waals surface area (Å²) in [6.45, 7) is 2.89. The Hall–Kier alpha value is -0.870. The number of rotatable bonds is 4. The van der Waals surface area contributed by atoms with Crippen molar-refractivity contribution in [2.75, 3.05) is 26.7 Å². The number of benzene rings is 1. The van der Waals surface area contributed by atoms with Crippen LogP contribution >= 0.6 is 15.9 Å². The van der Waals surface area contributed by atoms with Crippen LogP contribution in [0.25, 0.3) is 0 Å². The van der Waals surface area contributed by atoms with Gasteiger partial charge in [-0.15, -0.1) is 0 Å². The fourth-order valence-corrected chi connectivity index (χ4v) is 3.53. The van der Waals surface area contributed by atoms with E-state index in [2.05, 4.69) is 50.4 Å². The molecule has 1 aliphatic carbocycles. The van der Waals surface area contributed by atoms with E-state index in [9.17, 15) is 4.79 Å². The molecule has 1 aromatic rings. The third kappa shape index (κ3) is 2.91. The number of nitrogens with one attached hydrogen (secondary N) is 1. The molecule has 0 aromatic heterocycles. The topological polar surface area (TPSA) is 32.3 Å². The first-order valence-corrected chi connectivity index (χ1v) is 8.17. The Labute approximate surface area is 128 Å². The van der Waals surface area contributed by atoms with Crippen molar-refractivity contribution in [3.63, 3.8) is 0 Å². The van der Waals surface area contributed by atoms with E-state index >= 15 is 0 Å². The van der Waals surface area contributed by atoms with Crippen LogP contribution in [0.3, 0.4) is 0 Å². The quantitative estimate of drug-likeness (QED) is 0.916. The third-order valence-electron chi connectivity index (χ3n) is 4.50. The summed E-state index contributed by atoms with van der Waals surface area (Å²) in [6, 6.07) is 8.40. The van der Waals surface area contributed by atoms with E-state index in [4.69, 9.17) is 0 Å². The molecule has 0 bridgehead atoms. The maximum Gasteiger partial charge on any atom is 0.226 e. The number of amides is 1. The monoisotopic (exact) mass is 336 g/mol. The van der Waals surface area contributed by atoms with E-state index in [1.807, 2.05) is 7.05 Å². The number of likely N-dealkylation sites (tertiary alicyclic amines) is 1. The van der Waals surface area contributed by atoms with Gasteiger partial charge in [-0.3, -0.25) is 4.79 Å². The third-order valence-corrected chi connectivity index (χ3v) is 5.02. The predicted octanol–water partition coefficient (Wildman–Crippen LogP) is 2.62. The molecule has 2 aliphatic rings. The lowest BCUT2D eigenvalue weighted by atomic mass is 10.1. The summed E-state index contributed by atoms with van der Waals surface area (Å²) in [5.74, 6) is 1.67. The maximum absolute atomic E-state index is 12.5. The van der Waals surface area contributed by atoms with Crippen molar-refractivity contribution in [3.8, 4) is 0 Å². The van der Waals surface area contributed by atoms with Gasteiger partial charge in [0.1, 0.15) is 0 Å². The minimum atomic E-state index is 0.226. The van der Waals surface area contributed by atoms with Crippen LogP contribution in [0.4, 0.5) is 0 Å². The Morgan fingerprint density at radius 3 is 2.85 bits per heavy atom. The molecule has 1 aliphatic heterocycles. The zero-order valence-corrected chi connectivity index (χ0v) is 13.4. The van der Waals surface area contributed by atoms with Crippen LogP contribution in [0, 0.1) is 11.8 Å². The van der Waals surface area contributed by atoms with Crippen LogP contribution in [0.15, 0.2) is 28.7 Å². The highest BCUT2D eigenvalue weighted by Gasteiger charge is 2.46. The van der Waals surface area contributed by atoms with Crippen molar-refractivity contribution in [2.24, 2.45) is 11.8 Å². The zero-order valence-electron chi connectivity index (χ0n) is 11.8. The van der Waals surface area contributed by atoms with Gasteiger partial charge < -0.3 is 10.2 Å². The first-order valence-electron chi connectivity index (χ1n) is 7.38. The van der Waals surface area contributed by atoms with Crippen molar-refractivity contribution < 1.29 is 4.79 Å². The molecular weight excluding hydrogens is 316 g/mol. The Kier molecular flexibility index (Phi) is 4.13. The van der Waals surface area contributed by atoms with E-state index < -0.39 is 0 Å². The van der Waals surface area contributed by atoms with Gasteiger partial charge in [-0.25, -0.2) is 0 Å². The molecule has 108 valence electrons. The lowest BCUT2D eigenvalue weighted by Gasteiger charge is -2.16. The molecule has 3 rings (SSSR count). The van der Waals surface area contributed by atoms with Gasteiger partial charge in [-0.2, -0.15) is 0 Å².